The minimum atomic E-state index is 0.146. The molecule has 0 fully saturated rings. The van der Waals surface area contributed by atoms with E-state index in [1.165, 1.54) is 24.8 Å². The van der Waals surface area contributed by atoms with Crippen LogP contribution in [-0.2, 0) is 0 Å². The molecule has 0 bridgehead atoms. The standard InChI is InChI=1S/C23H33NO2/c1-4-6-7-8-17-25-22-15-11-20(12-16-22)24-18-21(5-2)26-23-13-9-19(3)10-14-23/h9-16,21,24H,4-8,17-18H2,1-3H3. The Hall–Kier alpha value is -2.16. The van der Waals surface area contributed by atoms with E-state index in [2.05, 4.69) is 50.4 Å². The van der Waals surface area contributed by atoms with Crippen LogP contribution in [0.5, 0.6) is 11.5 Å². The Morgan fingerprint density at radius 1 is 0.846 bits per heavy atom. The SMILES string of the molecule is CCCCCCOc1ccc(NCC(CC)Oc2ccc(C)cc2)cc1. The summed E-state index contributed by atoms with van der Waals surface area (Å²) in [5, 5.41) is 3.46. The number of anilines is 1. The molecule has 1 atom stereocenters. The molecule has 0 aliphatic carbocycles. The maximum atomic E-state index is 6.06. The highest BCUT2D eigenvalue weighted by atomic mass is 16.5. The van der Waals surface area contributed by atoms with Crippen molar-refractivity contribution in [2.24, 2.45) is 0 Å². The van der Waals surface area contributed by atoms with Crippen LogP contribution >= 0.6 is 0 Å². The van der Waals surface area contributed by atoms with E-state index in [-0.39, 0.29) is 6.10 Å². The van der Waals surface area contributed by atoms with Gasteiger partial charge < -0.3 is 14.8 Å². The van der Waals surface area contributed by atoms with Gasteiger partial charge in [0, 0.05) is 5.69 Å². The van der Waals surface area contributed by atoms with Gasteiger partial charge in [-0.05, 0) is 56.2 Å². The summed E-state index contributed by atoms with van der Waals surface area (Å²) in [6, 6.07) is 16.4. The van der Waals surface area contributed by atoms with Crippen molar-refractivity contribution >= 4 is 5.69 Å². The van der Waals surface area contributed by atoms with Crippen molar-refractivity contribution in [3.63, 3.8) is 0 Å². The van der Waals surface area contributed by atoms with Gasteiger partial charge >= 0.3 is 0 Å². The van der Waals surface area contributed by atoms with Crippen LogP contribution in [0.15, 0.2) is 48.5 Å². The third-order valence-corrected chi connectivity index (χ3v) is 4.43. The summed E-state index contributed by atoms with van der Waals surface area (Å²) in [7, 11) is 0. The van der Waals surface area contributed by atoms with Crippen LogP contribution < -0.4 is 14.8 Å². The van der Waals surface area contributed by atoms with Crippen LogP contribution in [0.1, 0.15) is 51.5 Å². The number of aryl methyl sites for hydroxylation is 1. The molecule has 0 saturated heterocycles. The number of ether oxygens (including phenoxy) is 2. The highest BCUT2D eigenvalue weighted by Gasteiger charge is 2.08. The van der Waals surface area contributed by atoms with Gasteiger partial charge in [-0.2, -0.15) is 0 Å². The Morgan fingerprint density at radius 2 is 1.54 bits per heavy atom. The molecule has 0 spiro atoms. The molecule has 2 aromatic rings. The molecule has 0 aliphatic heterocycles. The summed E-state index contributed by atoms with van der Waals surface area (Å²) in [4.78, 5) is 0. The summed E-state index contributed by atoms with van der Waals surface area (Å²) in [6.07, 6.45) is 6.02. The normalized spacial score (nSPS) is 11.8. The Morgan fingerprint density at radius 3 is 2.19 bits per heavy atom. The quantitative estimate of drug-likeness (QED) is 0.458. The second-order valence-electron chi connectivity index (χ2n) is 6.78. The Bertz CT molecular complexity index is 607. The van der Waals surface area contributed by atoms with E-state index in [1.54, 1.807) is 0 Å². The smallest absolute Gasteiger partial charge is 0.119 e. The first-order chi connectivity index (χ1) is 12.7. The van der Waals surface area contributed by atoms with E-state index in [0.717, 1.165) is 43.2 Å². The predicted octanol–water partition coefficient (Wildman–Crippen LogP) is 6.22. The van der Waals surface area contributed by atoms with E-state index < -0.39 is 0 Å². The molecule has 0 aromatic heterocycles. The molecule has 1 unspecified atom stereocenters. The van der Waals surface area contributed by atoms with E-state index >= 15 is 0 Å². The molecule has 0 saturated carbocycles. The van der Waals surface area contributed by atoms with Gasteiger partial charge in [-0.1, -0.05) is 50.8 Å². The summed E-state index contributed by atoms with van der Waals surface area (Å²) in [5.74, 6) is 1.87. The molecular weight excluding hydrogens is 322 g/mol. The van der Waals surface area contributed by atoms with Crippen molar-refractivity contribution in [2.45, 2.75) is 59.0 Å². The lowest BCUT2D eigenvalue weighted by molar-refractivity contribution is 0.210. The summed E-state index contributed by atoms with van der Waals surface area (Å²) < 4.78 is 11.9. The molecule has 0 heterocycles. The van der Waals surface area contributed by atoms with Crippen molar-refractivity contribution in [1.82, 2.24) is 0 Å². The number of unbranched alkanes of at least 4 members (excludes halogenated alkanes) is 3. The van der Waals surface area contributed by atoms with Gasteiger partial charge in [-0.3, -0.25) is 0 Å². The molecular formula is C23H33NO2. The molecule has 0 radical (unpaired) electrons. The zero-order valence-electron chi connectivity index (χ0n) is 16.5. The van der Waals surface area contributed by atoms with E-state index in [0.29, 0.717) is 0 Å². The predicted molar refractivity (Wildman–Crippen MR) is 110 cm³/mol. The first-order valence-corrected chi connectivity index (χ1v) is 9.91. The molecule has 0 aliphatic rings. The average Bonchev–Trinajstić information content (AvgIpc) is 2.67. The highest BCUT2D eigenvalue weighted by Crippen LogP contribution is 2.18. The van der Waals surface area contributed by atoms with Gasteiger partial charge in [0.25, 0.3) is 0 Å². The second-order valence-corrected chi connectivity index (χ2v) is 6.78. The maximum Gasteiger partial charge on any atom is 0.119 e. The van der Waals surface area contributed by atoms with Crippen molar-refractivity contribution in [1.29, 1.82) is 0 Å². The van der Waals surface area contributed by atoms with E-state index in [9.17, 15) is 0 Å². The minimum absolute atomic E-state index is 0.146. The lowest BCUT2D eigenvalue weighted by atomic mass is 10.2. The molecule has 2 rings (SSSR count). The van der Waals surface area contributed by atoms with Crippen LogP contribution in [0, 0.1) is 6.92 Å². The Labute approximate surface area is 158 Å². The van der Waals surface area contributed by atoms with Crippen LogP contribution in [0.3, 0.4) is 0 Å². The molecule has 3 heteroatoms. The van der Waals surface area contributed by atoms with E-state index in [4.69, 9.17) is 9.47 Å². The first-order valence-electron chi connectivity index (χ1n) is 9.91. The number of rotatable bonds is 12. The average molecular weight is 356 g/mol. The Kier molecular flexibility index (Phi) is 8.88. The van der Waals surface area contributed by atoms with Gasteiger partial charge in [0.1, 0.15) is 17.6 Å². The van der Waals surface area contributed by atoms with Crippen LogP contribution in [0.4, 0.5) is 5.69 Å². The van der Waals surface area contributed by atoms with Gasteiger partial charge in [-0.15, -0.1) is 0 Å². The van der Waals surface area contributed by atoms with E-state index in [1.807, 2.05) is 24.3 Å². The highest BCUT2D eigenvalue weighted by molar-refractivity contribution is 5.46. The fourth-order valence-electron chi connectivity index (χ4n) is 2.70. The molecule has 0 amide bonds. The lowest BCUT2D eigenvalue weighted by Crippen LogP contribution is -2.25. The van der Waals surface area contributed by atoms with Crippen molar-refractivity contribution in [3.05, 3.63) is 54.1 Å². The molecule has 2 aromatic carbocycles. The van der Waals surface area contributed by atoms with Crippen LogP contribution in [0.2, 0.25) is 0 Å². The van der Waals surface area contributed by atoms with Gasteiger partial charge in [0.05, 0.1) is 13.2 Å². The molecule has 26 heavy (non-hydrogen) atoms. The number of hydrogen-bond acceptors (Lipinski definition) is 3. The molecule has 1 N–H and O–H groups in total. The zero-order valence-corrected chi connectivity index (χ0v) is 16.5. The first kappa shape index (κ1) is 20.2. The minimum Gasteiger partial charge on any atom is -0.494 e. The van der Waals surface area contributed by atoms with Crippen molar-refractivity contribution < 1.29 is 9.47 Å². The zero-order chi connectivity index (χ0) is 18.6. The summed E-state index contributed by atoms with van der Waals surface area (Å²) >= 11 is 0. The fraction of sp³-hybridized carbons (Fsp3) is 0.478. The van der Waals surface area contributed by atoms with Crippen molar-refractivity contribution in [3.8, 4) is 11.5 Å². The fourth-order valence-corrected chi connectivity index (χ4v) is 2.70. The summed E-state index contributed by atoms with van der Waals surface area (Å²) in [6.45, 7) is 8.04. The number of nitrogens with one attached hydrogen (secondary N) is 1. The topological polar surface area (TPSA) is 30.5 Å². The Balaban J connectivity index is 1.74. The van der Waals surface area contributed by atoms with Gasteiger partial charge in [-0.25, -0.2) is 0 Å². The third kappa shape index (κ3) is 7.38. The lowest BCUT2D eigenvalue weighted by Gasteiger charge is -2.19. The van der Waals surface area contributed by atoms with Gasteiger partial charge in [0.15, 0.2) is 0 Å². The largest absolute Gasteiger partial charge is 0.494 e. The number of benzene rings is 2. The summed E-state index contributed by atoms with van der Waals surface area (Å²) in [5.41, 5.74) is 2.34. The van der Waals surface area contributed by atoms with Crippen LogP contribution in [-0.4, -0.2) is 19.3 Å². The van der Waals surface area contributed by atoms with Crippen LogP contribution in [0.25, 0.3) is 0 Å². The van der Waals surface area contributed by atoms with Crippen molar-refractivity contribution in [2.75, 3.05) is 18.5 Å². The molecule has 3 nitrogen and oxygen atoms in total. The second kappa shape index (κ2) is 11.5. The number of hydrogen-bond donors (Lipinski definition) is 1. The van der Waals surface area contributed by atoms with Gasteiger partial charge in [0.2, 0.25) is 0 Å². The maximum absolute atomic E-state index is 6.06. The third-order valence-electron chi connectivity index (χ3n) is 4.43. The monoisotopic (exact) mass is 355 g/mol. The molecule has 142 valence electrons.